The highest BCUT2D eigenvalue weighted by atomic mass is 32.2. The van der Waals surface area contributed by atoms with Gasteiger partial charge in [-0.25, -0.2) is 12.8 Å². The lowest BCUT2D eigenvalue weighted by Crippen LogP contribution is -2.52. The summed E-state index contributed by atoms with van der Waals surface area (Å²) in [6.45, 7) is 4.31. The Hall–Kier alpha value is -4.12. The van der Waals surface area contributed by atoms with Crippen molar-refractivity contribution in [3.8, 4) is 11.5 Å². The topological polar surface area (TPSA) is 105 Å². The number of hydrogen-bond acceptors (Lipinski definition) is 6. The van der Waals surface area contributed by atoms with Gasteiger partial charge in [-0.05, 0) is 61.7 Å². The van der Waals surface area contributed by atoms with Crippen molar-refractivity contribution in [2.75, 3.05) is 37.2 Å². The summed E-state index contributed by atoms with van der Waals surface area (Å²) in [7, 11) is -4.33. The second-order valence-corrected chi connectivity index (χ2v) is 11.8. The first-order valence-electron chi connectivity index (χ1n) is 14.0. The van der Waals surface area contributed by atoms with Gasteiger partial charge in [-0.3, -0.25) is 13.9 Å². The van der Waals surface area contributed by atoms with Crippen LogP contribution in [0.5, 0.6) is 11.5 Å². The van der Waals surface area contributed by atoms with Crippen LogP contribution in [0.15, 0.2) is 77.7 Å². The Bertz CT molecular complexity index is 1470. The SMILES string of the molecule is CCCCNC(=O)[C@@H](C)N(CCc1ccccc1)C(=O)CN(c1ccc(F)cc1)S(=O)(=O)c1ccc2c(c1)OCCO2. The minimum atomic E-state index is -4.33. The van der Waals surface area contributed by atoms with Crippen LogP contribution in [0, 0.1) is 5.82 Å². The van der Waals surface area contributed by atoms with Gasteiger partial charge < -0.3 is 19.7 Å². The molecule has 1 N–H and O–H groups in total. The van der Waals surface area contributed by atoms with Crippen molar-refractivity contribution in [3.05, 3.63) is 84.2 Å². The van der Waals surface area contributed by atoms with E-state index in [1.54, 1.807) is 6.92 Å². The van der Waals surface area contributed by atoms with Crippen LogP contribution < -0.4 is 19.1 Å². The number of ether oxygens (including phenoxy) is 2. The zero-order valence-corrected chi connectivity index (χ0v) is 24.6. The van der Waals surface area contributed by atoms with Crippen molar-refractivity contribution in [3.63, 3.8) is 0 Å². The Labute approximate surface area is 246 Å². The Morgan fingerprint density at radius 2 is 1.67 bits per heavy atom. The number of hydrogen-bond donors (Lipinski definition) is 1. The molecular formula is C31H36FN3O6S. The first-order chi connectivity index (χ1) is 20.2. The number of sulfonamides is 1. The predicted molar refractivity (Wildman–Crippen MR) is 158 cm³/mol. The van der Waals surface area contributed by atoms with Crippen molar-refractivity contribution in [1.82, 2.24) is 10.2 Å². The number of nitrogens with one attached hydrogen (secondary N) is 1. The van der Waals surface area contributed by atoms with Crippen molar-refractivity contribution in [2.24, 2.45) is 0 Å². The van der Waals surface area contributed by atoms with E-state index in [9.17, 15) is 22.4 Å². The molecular weight excluding hydrogens is 561 g/mol. The first kappa shape index (κ1) is 30.8. The molecule has 0 spiro atoms. The standard InChI is InChI=1S/C31H36FN3O6S/c1-3-4-17-33-31(37)23(2)34(18-16-24-8-6-5-7-9-24)30(36)22-35(26-12-10-25(32)11-13-26)42(38,39)27-14-15-28-29(21-27)41-20-19-40-28/h5-15,21,23H,3-4,16-20,22H2,1-2H3,(H,33,37)/t23-/m1/s1. The minimum Gasteiger partial charge on any atom is -0.486 e. The summed E-state index contributed by atoms with van der Waals surface area (Å²) in [6, 6.07) is 17.7. The third kappa shape index (κ3) is 7.58. The van der Waals surface area contributed by atoms with Gasteiger partial charge in [0.2, 0.25) is 11.8 Å². The van der Waals surface area contributed by atoms with Gasteiger partial charge >= 0.3 is 0 Å². The molecule has 0 saturated carbocycles. The molecule has 0 fully saturated rings. The number of carbonyl (C=O) groups is 2. The maximum absolute atomic E-state index is 14.0. The molecule has 1 aliphatic rings. The van der Waals surface area contributed by atoms with Crippen molar-refractivity contribution in [2.45, 2.75) is 44.0 Å². The van der Waals surface area contributed by atoms with E-state index in [1.807, 2.05) is 37.3 Å². The molecule has 1 heterocycles. The maximum Gasteiger partial charge on any atom is 0.264 e. The van der Waals surface area contributed by atoms with E-state index < -0.39 is 34.3 Å². The molecule has 3 aromatic carbocycles. The van der Waals surface area contributed by atoms with E-state index >= 15 is 0 Å². The fourth-order valence-corrected chi connectivity index (χ4v) is 5.98. The Morgan fingerprint density at radius 3 is 2.36 bits per heavy atom. The average molecular weight is 598 g/mol. The summed E-state index contributed by atoms with van der Waals surface area (Å²) in [4.78, 5) is 28.2. The zero-order chi connectivity index (χ0) is 30.1. The smallest absolute Gasteiger partial charge is 0.264 e. The number of anilines is 1. The number of carbonyl (C=O) groups excluding carboxylic acids is 2. The van der Waals surface area contributed by atoms with Gasteiger partial charge in [0.05, 0.1) is 10.6 Å². The second kappa shape index (κ2) is 14.2. The third-order valence-corrected chi connectivity index (χ3v) is 8.75. The average Bonchev–Trinajstić information content (AvgIpc) is 3.00. The molecule has 0 saturated heterocycles. The van der Waals surface area contributed by atoms with Gasteiger partial charge in [0.15, 0.2) is 11.5 Å². The molecule has 11 heteroatoms. The summed E-state index contributed by atoms with van der Waals surface area (Å²) in [6.07, 6.45) is 2.16. The van der Waals surface area contributed by atoms with Gasteiger partial charge in [0.25, 0.3) is 10.0 Å². The van der Waals surface area contributed by atoms with E-state index in [2.05, 4.69) is 5.32 Å². The lowest BCUT2D eigenvalue weighted by molar-refractivity contribution is -0.138. The highest BCUT2D eigenvalue weighted by Gasteiger charge is 2.33. The predicted octanol–water partition coefficient (Wildman–Crippen LogP) is 4.17. The first-order valence-corrected chi connectivity index (χ1v) is 15.4. The monoisotopic (exact) mass is 597 g/mol. The molecule has 0 aliphatic carbocycles. The molecule has 4 rings (SSSR count). The van der Waals surface area contributed by atoms with Crippen LogP contribution in [0.1, 0.15) is 32.3 Å². The van der Waals surface area contributed by atoms with Gasteiger partial charge in [-0.15, -0.1) is 0 Å². The summed E-state index contributed by atoms with van der Waals surface area (Å²) < 4.78 is 53.8. The van der Waals surface area contributed by atoms with Crippen molar-refractivity contribution in [1.29, 1.82) is 0 Å². The normalized spacial score (nSPS) is 13.2. The lowest BCUT2D eigenvalue weighted by atomic mass is 10.1. The van der Waals surface area contributed by atoms with E-state index in [0.29, 0.717) is 25.3 Å². The minimum absolute atomic E-state index is 0.0997. The number of unbranched alkanes of at least 4 members (excludes halogenated alkanes) is 1. The number of fused-ring (bicyclic) bond motifs is 1. The number of halogens is 1. The Kier molecular flexibility index (Phi) is 10.4. The lowest BCUT2D eigenvalue weighted by Gasteiger charge is -2.32. The van der Waals surface area contributed by atoms with E-state index in [4.69, 9.17) is 9.47 Å². The molecule has 1 aliphatic heterocycles. The van der Waals surface area contributed by atoms with Crippen molar-refractivity contribution >= 4 is 27.5 Å². The largest absolute Gasteiger partial charge is 0.486 e. The van der Waals surface area contributed by atoms with Crippen LogP contribution >= 0.6 is 0 Å². The molecule has 0 aromatic heterocycles. The molecule has 2 amide bonds. The van der Waals surface area contributed by atoms with Crippen molar-refractivity contribution < 1.29 is 31.9 Å². The van der Waals surface area contributed by atoms with E-state index in [0.717, 1.165) is 34.8 Å². The van der Waals surface area contributed by atoms with Crippen LogP contribution in [0.4, 0.5) is 10.1 Å². The fraction of sp³-hybridized carbons (Fsp3) is 0.355. The molecule has 1 atom stereocenters. The highest BCUT2D eigenvalue weighted by molar-refractivity contribution is 7.92. The van der Waals surface area contributed by atoms with E-state index in [1.165, 1.54) is 35.2 Å². The summed E-state index contributed by atoms with van der Waals surface area (Å²) >= 11 is 0. The summed E-state index contributed by atoms with van der Waals surface area (Å²) in [5.74, 6) is -0.764. The Morgan fingerprint density at radius 1 is 0.976 bits per heavy atom. The molecule has 224 valence electrons. The van der Waals surface area contributed by atoms with Crippen LogP contribution in [-0.2, 0) is 26.0 Å². The highest BCUT2D eigenvalue weighted by Crippen LogP contribution is 2.34. The molecule has 0 bridgehead atoms. The van der Waals surface area contributed by atoms with E-state index in [-0.39, 0.29) is 35.4 Å². The Balaban J connectivity index is 1.66. The van der Waals surface area contributed by atoms with Crippen LogP contribution in [0.25, 0.3) is 0 Å². The molecule has 0 radical (unpaired) electrons. The third-order valence-electron chi connectivity index (χ3n) is 6.98. The van der Waals surface area contributed by atoms with Gasteiger partial charge in [-0.2, -0.15) is 0 Å². The molecule has 42 heavy (non-hydrogen) atoms. The van der Waals surface area contributed by atoms with Crippen LogP contribution in [0.3, 0.4) is 0 Å². The zero-order valence-electron chi connectivity index (χ0n) is 23.8. The van der Waals surface area contributed by atoms with Gasteiger partial charge in [-0.1, -0.05) is 43.7 Å². The van der Waals surface area contributed by atoms with Crippen LogP contribution in [0.2, 0.25) is 0 Å². The number of amides is 2. The fourth-order valence-electron chi connectivity index (χ4n) is 4.55. The molecule has 0 unspecified atom stereocenters. The van der Waals surface area contributed by atoms with Crippen LogP contribution in [-0.4, -0.2) is 64.0 Å². The molecule has 3 aromatic rings. The number of rotatable bonds is 13. The summed E-state index contributed by atoms with van der Waals surface area (Å²) in [5.41, 5.74) is 1.07. The number of benzene rings is 3. The maximum atomic E-state index is 14.0. The van der Waals surface area contributed by atoms with Gasteiger partial charge in [0, 0.05) is 19.2 Å². The summed E-state index contributed by atoms with van der Waals surface area (Å²) in [5, 5.41) is 2.86. The van der Waals surface area contributed by atoms with Gasteiger partial charge in [0.1, 0.15) is 31.6 Å². The number of nitrogens with zero attached hydrogens (tertiary/aromatic N) is 2. The quantitative estimate of drug-likeness (QED) is 0.297. The second-order valence-electron chi connectivity index (χ2n) is 9.94. The molecule has 9 nitrogen and oxygen atoms in total.